The summed E-state index contributed by atoms with van der Waals surface area (Å²) in [5, 5.41) is 19.1. The monoisotopic (exact) mass is 206 g/mol. The van der Waals surface area contributed by atoms with Crippen LogP contribution in [0.15, 0.2) is 24.3 Å². The number of carbonyl (C=O) groups is 1. The molecule has 1 aliphatic carbocycles. The summed E-state index contributed by atoms with van der Waals surface area (Å²) in [5.74, 6) is -0.891. The lowest BCUT2D eigenvalue weighted by Crippen LogP contribution is -2.24. The SMILES string of the molecule is Cc1ccccc1C(O)C1(C(=O)O)CC1. The third kappa shape index (κ3) is 1.53. The molecule has 0 aliphatic heterocycles. The second kappa shape index (κ2) is 3.35. The van der Waals surface area contributed by atoms with Crippen molar-refractivity contribution in [3.63, 3.8) is 0 Å². The minimum absolute atomic E-state index is 0.567. The van der Waals surface area contributed by atoms with Gasteiger partial charge in [-0.15, -0.1) is 0 Å². The van der Waals surface area contributed by atoms with Crippen LogP contribution in [0, 0.1) is 12.3 Å². The van der Waals surface area contributed by atoms with Crippen LogP contribution in [-0.4, -0.2) is 16.2 Å². The van der Waals surface area contributed by atoms with Crippen LogP contribution >= 0.6 is 0 Å². The predicted octanol–water partition coefficient (Wildman–Crippen LogP) is 1.89. The Morgan fingerprint density at radius 2 is 2.00 bits per heavy atom. The van der Waals surface area contributed by atoms with Crippen LogP contribution in [0.4, 0.5) is 0 Å². The zero-order chi connectivity index (χ0) is 11.1. The van der Waals surface area contributed by atoms with Gasteiger partial charge in [-0.3, -0.25) is 4.79 Å². The molecule has 3 heteroatoms. The highest BCUT2D eigenvalue weighted by molar-refractivity contribution is 5.79. The molecule has 2 rings (SSSR count). The van der Waals surface area contributed by atoms with Gasteiger partial charge in [0.05, 0.1) is 11.5 Å². The molecule has 0 aromatic heterocycles. The molecule has 0 bridgehead atoms. The molecule has 0 spiro atoms. The zero-order valence-corrected chi connectivity index (χ0v) is 8.60. The Labute approximate surface area is 88.4 Å². The Hall–Kier alpha value is -1.35. The van der Waals surface area contributed by atoms with Gasteiger partial charge in [-0.25, -0.2) is 0 Å². The Balaban J connectivity index is 2.33. The lowest BCUT2D eigenvalue weighted by molar-refractivity contribution is -0.148. The van der Waals surface area contributed by atoms with Crippen molar-refractivity contribution in [1.82, 2.24) is 0 Å². The molecule has 80 valence electrons. The number of benzene rings is 1. The number of aliphatic hydroxyl groups excluding tert-OH is 1. The van der Waals surface area contributed by atoms with Gasteiger partial charge in [0.1, 0.15) is 0 Å². The number of rotatable bonds is 3. The smallest absolute Gasteiger partial charge is 0.312 e. The van der Waals surface area contributed by atoms with E-state index in [1.165, 1.54) is 0 Å². The fraction of sp³-hybridized carbons (Fsp3) is 0.417. The van der Waals surface area contributed by atoms with Crippen LogP contribution in [-0.2, 0) is 4.79 Å². The molecule has 1 aromatic rings. The maximum Gasteiger partial charge on any atom is 0.312 e. The molecule has 0 saturated heterocycles. The lowest BCUT2D eigenvalue weighted by Gasteiger charge is -2.19. The maximum absolute atomic E-state index is 11.0. The van der Waals surface area contributed by atoms with Gasteiger partial charge in [-0.05, 0) is 30.9 Å². The normalized spacial score (nSPS) is 19.6. The summed E-state index contributed by atoms with van der Waals surface area (Å²) in [5.41, 5.74) is 0.751. The minimum atomic E-state index is -0.924. The van der Waals surface area contributed by atoms with E-state index in [9.17, 15) is 9.90 Å². The van der Waals surface area contributed by atoms with Gasteiger partial charge in [0, 0.05) is 0 Å². The third-order valence-electron chi connectivity index (χ3n) is 3.22. The van der Waals surface area contributed by atoms with Gasteiger partial charge in [0.15, 0.2) is 0 Å². The Morgan fingerprint density at radius 1 is 1.40 bits per heavy atom. The van der Waals surface area contributed by atoms with Crippen molar-refractivity contribution in [3.05, 3.63) is 35.4 Å². The molecule has 0 heterocycles. The van der Waals surface area contributed by atoms with Crippen LogP contribution in [0.5, 0.6) is 0 Å². The van der Waals surface area contributed by atoms with Crippen molar-refractivity contribution in [1.29, 1.82) is 0 Å². The summed E-state index contributed by atoms with van der Waals surface area (Å²) in [6.45, 7) is 1.89. The number of hydrogen-bond donors (Lipinski definition) is 2. The number of hydrogen-bond acceptors (Lipinski definition) is 2. The van der Waals surface area contributed by atoms with E-state index >= 15 is 0 Å². The summed E-state index contributed by atoms with van der Waals surface area (Å²) < 4.78 is 0. The van der Waals surface area contributed by atoms with Crippen LogP contribution in [0.3, 0.4) is 0 Å². The summed E-state index contributed by atoms with van der Waals surface area (Å²) in [6.07, 6.45) is 0.256. The topological polar surface area (TPSA) is 57.5 Å². The number of aliphatic carboxylic acids is 1. The van der Waals surface area contributed by atoms with Gasteiger partial charge in [0.2, 0.25) is 0 Å². The molecule has 1 unspecified atom stereocenters. The van der Waals surface area contributed by atoms with E-state index in [4.69, 9.17) is 5.11 Å². The number of aliphatic hydroxyl groups is 1. The lowest BCUT2D eigenvalue weighted by atomic mass is 9.90. The fourth-order valence-corrected chi connectivity index (χ4v) is 1.93. The van der Waals surface area contributed by atoms with Gasteiger partial charge < -0.3 is 10.2 Å². The first kappa shape index (κ1) is 10.2. The van der Waals surface area contributed by atoms with E-state index < -0.39 is 17.5 Å². The summed E-state index contributed by atoms with van der Waals surface area (Å²) in [6, 6.07) is 7.38. The van der Waals surface area contributed by atoms with Crippen molar-refractivity contribution in [2.24, 2.45) is 5.41 Å². The van der Waals surface area contributed by atoms with Crippen LogP contribution in [0.2, 0.25) is 0 Å². The first-order valence-electron chi connectivity index (χ1n) is 5.05. The molecule has 1 saturated carbocycles. The molecular weight excluding hydrogens is 192 g/mol. The average molecular weight is 206 g/mol. The highest BCUT2D eigenvalue weighted by atomic mass is 16.4. The quantitative estimate of drug-likeness (QED) is 0.794. The van der Waals surface area contributed by atoms with Crippen LogP contribution in [0.1, 0.15) is 30.1 Å². The minimum Gasteiger partial charge on any atom is -0.481 e. The second-order valence-electron chi connectivity index (χ2n) is 4.22. The molecule has 0 amide bonds. The number of aryl methyl sites for hydroxylation is 1. The van der Waals surface area contributed by atoms with E-state index in [1.807, 2.05) is 25.1 Å². The first-order valence-corrected chi connectivity index (χ1v) is 5.05. The fourth-order valence-electron chi connectivity index (χ4n) is 1.93. The molecule has 1 aliphatic rings. The largest absolute Gasteiger partial charge is 0.481 e. The molecule has 15 heavy (non-hydrogen) atoms. The summed E-state index contributed by atoms with van der Waals surface area (Å²) in [7, 11) is 0. The van der Waals surface area contributed by atoms with E-state index in [-0.39, 0.29) is 0 Å². The van der Waals surface area contributed by atoms with Crippen LogP contribution < -0.4 is 0 Å². The van der Waals surface area contributed by atoms with Crippen LogP contribution in [0.25, 0.3) is 0 Å². The average Bonchev–Trinajstić information content (AvgIpc) is 2.98. The highest BCUT2D eigenvalue weighted by Crippen LogP contribution is 2.55. The Kier molecular flexibility index (Phi) is 2.27. The Morgan fingerprint density at radius 3 is 2.47 bits per heavy atom. The molecule has 3 nitrogen and oxygen atoms in total. The molecular formula is C12H14O3. The summed E-state index contributed by atoms with van der Waals surface area (Å²) in [4.78, 5) is 11.0. The maximum atomic E-state index is 11.0. The van der Waals surface area contributed by atoms with Crippen molar-refractivity contribution in [3.8, 4) is 0 Å². The van der Waals surface area contributed by atoms with Crippen molar-refractivity contribution < 1.29 is 15.0 Å². The van der Waals surface area contributed by atoms with Gasteiger partial charge in [0.25, 0.3) is 0 Å². The standard InChI is InChI=1S/C12H14O3/c1-8-4-2-3-5-9(8)10(13)12(6-7-12)11(14)15/h2-5,10,13H,6-7H2,1H3,(H,14,15). The molecule has 1 aromatic carbocycles. The van der Waals surface area contributed by atoms with Crippen molar-refractivity contribution >= 4 is 5.97 Å². The van der Waals surface area contributed by atoms with Gasteiger partial charge in [-0.1, -0.05) is 24.3 Å². The van der Waals surface area contributed by atoms with E-state index in [0.29, 0.717) is 12.8 Å². The highest BCUT2D eigenvalue weighted by Gasteiger charge is 2.56. The van der Waals surface area contributed by atoms with Crippen molar-refractivity contribution in [2.45, 2.75) is 25.9 Å². The molecule has 0 radical (unpaired) electrons. The number of carboxylic acid groups (broad SMARTS) is 1. The van der Waals surface area contributed by atoms with Gasteiger partial charge in [-0.2, -0.15) is 0 Å². The third-order valence-corrected chi connectivity index (χ3v) is 3.22. The second-order valence-corrected chi connectivity index (χ2v) is 4.22. The zero-order valence-electron chi connectivity index (χ0n) is 8.60. The first-order chi connectivity index (χ1) is 7.08. The van der Waals surface area contributed by atoms with Gasteiger partial charge >= 0.3 is 5.97 Å². The van der Waals surface area contributed by atoms with E-state index in [1.54, 1.807) is 6.07 Å². The molecule has 1 fully saturated rings. The number of carboxylic acids is 1. The predicted molar refractivity (Wildman–Crippen MR) is 55.4 cm³/mol. The van der Waals surface area contributed by atoms with E-state index in [2.05, 4.69) is 0 Å². The van der Waals surface area contributed by atoms with Crippen molar-refractivity contribution in [2.75, 3.05) is 0 Å². The van der Waals surface area contributed by atoms with E-state index in [0.717, 1.165) is 11.1 Å². The Bertz CT molecular complexity index is 394. The molecule has 1 atom stereocenters. The molecule has 2 N–H and O–H groups in total. The summed E-state index contributed by atoms with van der Waals surface area (Å²) >= 11 is 0.